The first-order chi connectivity index (χ1) is 13.2. The SMILES string of the molecule is O=C1C[C@H](c2coc3ccccc3c2=O)c2cnn(C3CCCCC3)c2N1. The fourth-order valence-corrected chi connectivity index (χ4v) is 4.45. The van der Waals surface area contributed by atoms with Gasteiger partial charge in [-0.1, -0.05) is 31.4 Å². The van der Waals surface area contributed by atoms with Gasteiger partial charge in [-0.2, -0.15) is 5.10 Å². The average Bonchev–Trinajstić information content (AvgIpc) is 3.12. The first-order valence-corrected chi connectivity index (χ1v) is 9.60. The first-order valence-electron chi connectivity index (χ1n) is 9.60. The second-order valence-corrected chi connectivity index (χ2v) is 7.51. The predicted octanol–water partition coefficient (Wildman–Crippen LogP) is 3.97. The Hall–Kier alpha value is -2.89. The van der Waals surface area contributed by atoms with Crippen LogP contribution in [0, 0.1) is 0 Å². The summed E-state index contributed by atoms with van der Waals surface area (Å²) in [5, 5.41) is 8.13. The molecule has 1 aliphatic carbocycles. The van der Waals surface area contributed by atoms with Crippen LogP contribution >= 0.6 is 0 Å². The number of hydrogen-bond acceptors (Lipinski definition) is 4. The van der Waals surface area contributed by atoms with Gasteiger partial charge in [0, 0.05) is 23.5 Å². The zero-order chi connectivity index (χ0) is 18.4. The molecule has 1 fully saturated rings. The molecule has 0 spiro atoms. The monoisotopic (exact) mass is 363 g/mol. The van der Waals surface area contributed by atoms with Crippen LogP contribution in [0.5, 0.6) is 0 Å². The Bertz CT molecular complexity index is 1080. The van der Waals surface area contributed by atoms with Crippen LogP contribution in [0.4, 0.5) is 5.82 Å². The topological polar surface area (TPSA) is 77.1 Å². The molecule has 1 atom stereocenters. The van der Waals surface area contributed by atoms with E-state index in [9.17, 15) is 9.59 Å². The Kier molecular flexibility index (Phi) is 3.85. The standard InChI is InChI=1S/C21H21N3O3/c25-19-10-15(17-12-27-18-9-5-4-8-14(18)20(17)26)16-11-22-24(21(16)23-19)13-6-2-1-3-7-13/h4-5,8-9,11-13,15H,1-3,6-7,10H2,(H,23,25)/t15-/m0/s1. The summed E-state index contributed by atoms with van der Waals surface area (Å²) in [6.07, 6.45) is 9.33. The molecule has 6 heteroatoms. The Morgan fingerprint density at radius 1 is 1.07 bits per heavy atom. The van der Waals surface area contributed by atoms with E-state index >= 15 is 0 Å². The number of benzene rings is 1. The van der Waals surface area contributed by atoms with E-state index in [4.69, 9.17) is 4.42 Å². The van der Waals surface area contributed by atoms with Gasteiger partial charge in [0.05, 0.1) is 23.9 Å². The van der Waals surface area contributed by atoms with Crippen LogP contribution in [-0.4, -0.2) is 15.7 Å². The normalized spacial score (nSPS) is 20.4. The number of aromatic nitrogens is 2. The van der Waals surface area contributed by atoms with Crippen molar-refractivity contribution < 1.29 is 9.21 Å². The first kappa shape index (κ1) is 16.3. The maximum absolute atomic E-state index is 13.0. The summed E-state index contributed by atoms with van der Waals surface area (Å²) in [5.41, 5.74) is 1.91. The van der Waals surface area contributed by atoms with Crippen molar-refractivity contribution in [1.29, 1.82) is 0 Å². The van der Waals surface area contributed by atoms with Gasteiger partial charge in [-0.3, -0.25) is 9.59 Å². The number of carbonyl (C=O) groups excluding carboxylic acids is 1. The summed E-state index contributed by atoms with van der Waals surface area (Å²) in [5.74, 6) is 0.334. The molecule has 1 amide bonds. The van der Waals surface area contributed by atoms with Crippen LogP contribution in [0.15, 0.2) is 45.9 Å². The minimum atomic E-state index is -0.327. The van der Waals surface area contributed by atoms with Crippen LogP contribution in [0.25, 0.3) is 11.0 Å². The van der Waals surface area contributed by atoms with Crippen molar-refractivity contribution in [3.05, 3.63) is 58.1 Å². The summed E-state index contributed by atoms with van der Waals surface area (Å²) in [6.45, 7) is 0. The van der Waals surface area contributed by atoms with Gasteiger partial charge >= 0.3 is 0 Å². The Balaban J connectivity index is 1.61. The Morgan fingerprint density at radius 3 is 2.74 bits per heavy atom. The predicted molar refractivity (Wildman–Crippen MR) is 102 cm³/mol. The fraction of sp³-hybridized carbons (Fsp3) is 0.381. The molecule has 138 valence electrons. The third-order valence-corrected chi connectivity index (χ3v) is 5.85. The van der Waals surface area contributed by atoms with E-state index in [0.717, 1.165) is 24.2 Å². The number of fused-ring (bicyclic) bond motifs is 2. The van der Waals surface area contributed by atoms with Gasteiger partial charge in [0.25, 0.3) is 0 Å². The Labute approximate surface area is 156 Å². The lowest BCUT2D eigenvalue weighted by molar-refractivity contribution is -0.116. The maximum Gasteiger partial charge on any atom is 0.226 e. The molecule has 2 aromatic heterocycles. The number of amides is 1. The highest BCUT2D eigenvalue weighted by Gasteiger charge is 2.33. The van der Waals surface area contributed by atoms with Crippen LogP contribution in [-0.2, 0) is 4.79 Å². The van der Waals surface area contributed by atoms with Crippen molar-refractivity contribution in [2.75, 3.05) is 5.32 Å². The van der Waals surface area contributed by atoms with Gasteiger partial charge in [0.1, 0.15) is 11.4 Å². The van der Waals surface area contributed by atoms with Crippen LogP contribution in [0.1, 0.15) is 61.6 Å². The average molecular weight is 363 g/mol. The quantitative estimate of drug-likeness (QED) is 0.747. The van der Waals surface area contributed by atoms with E-state index < -0.39 is 0 Å². The number of rotatable bonds is 2. The molecule has 0 radical (unpaired) electrons. The summed E-state index contributed by atoms with van der Waals surface area (Å²) in [7, 11) is 0. The molecule has 6 nitrogen and oxygen atoms in total. The molecule has 3 aromatic rings. The molecule has 5 rings (SSSR count). The van der Waals surface area contributed by atoms with Gasteiger partial charge in [-0.25, -0.2) is 4.68 Å². The molecular weight excluding hydrogens is 342 g/mol. The largest absolute Gasteiger partial charge is 0.464 e. The van der Waals surface area contributed by atoms with E-state index in [0.29, 0.717) is 22.6 Å². The molecule has 3 heterocycles. The zero-order valence-corrected chi connectivity index (χ0v) is 15.0. The third kappa shape index (κ3) is 2.67. The summed E-state index contributed by atoms with van der Waals surface area (Å²) in [4.78, 5) is 25.5. The minimum absolute atomic E-state index is 0.0760. The lowest BCUT2D eigenvalue weighted by Crippen LogP contribution is -2.28. The smallest absolute Gasteiger partial charge is 0.226 e. The zero-order valence-electron chi connectivity index (χ0n) is 15.0. The molecule has 1 aromatic carbocycles. The van der Waals surface area contributed by atoms with Gasteiger partial charge in [-0.15, -0.1) is 0 Å². The molecule has 1 aliphatic heterocycles. The summed E-state index contributed by atoms with van der Waals surface area (Å²) >= 11 is 0. The van der Waals surface area contributed by atoms with Crippen LogP contribution in [0.2, 0.25) is 0 Å². The van der Waals surface area contributed by atoms with Gasteiger partial charge < -0.3 is 9.73 Å². The molecule has 27 heavy (non-hydrogen) atoms. The molecule has 0 unspecified atom stereocenters. The van der Waals surface area contributed by atoms with Crippen molar-refractivity contribution in [2.45, 2.75) is 50.5 Å². The summed E-state index contributed by atoms with van der Waals surface area (Å²) in [6, 6.07) is 7.52. The fourth-order valence-electron chi connectivity index (χ4n) is 4.45. The van der Waals surface area contributed by atoms with E-state index in [1.807, 2.05) is 23.0 Å². The Morgan fingerprint density at radius 2 is 1.89 bits per heavy atom. The molecule has 0 saturated heterocycles. The molecule has 1 N–H and O–H groups in total. The van der Waals surface area contributed by atoms with Gasteiger partial charge in [0.15, 0.2) is 5.43 Å². The number of anilines is 1. The number of para-hydroxylation sites is 1. The van der Waals surface area contributed by atoms with Crippen LogP contribution in [0.3, 0.4) is 0 Å². The number of nitrogens with one attached hydrogen (secondary N) is 1. The van der Waals surface area contributed by atoms with Crippen molar-refractivity contribution in [3.63, 3.8) is 0 Å². The number of hydrogen-bond donors (Lipinski definition) is 1. The molecule has 1 saturated carbocycles. The molecule has 0 bridgehead atoms. The molecular formula is C21H21N3O3. The third-order valence-electron chi connectivity index (χ3n) is 5.85. The highest BCUT2D eigenvalue weighted by Crippen LogP contribution is 2.39. The van der Waals surface area contributed by atoms with E-state index in [1.165, 1.54) is 25.5 Å². The second kappa shape index (κ2) is 6.37. The summed E-state index contributed by atoms with van der Waals surface area (Å²) < 4.78 is 7.65. The lowest BCUT2D eigenvalue weighted by atomic mass is 9.87. The molecule has 2 aliphatic rings. The maximum atomic E-state index is 13.0. The number of nitrogens with zero attached hydrogens (tertiary/aromatic N) is 2. The second-order valence-electron chi connectivity index (χ2n) is 7.51. The van der Waals surface area contributed by atoms with Gasteiger partial charge in [-0.05, 0) is 25.0 Å². The minimum Gasteiger partial charge on any atom is -0.464 e. The van der Waals surface area contributed by atoms with Crippen LogP contribution < -0.4 is 10.7 Å². The highest BCUT2D eigenvalue weighted by molar-refractivity contribution is 5.94. The van der Waals surface area contributed by atoms with E-state index in [-0.39, 0.29) is 23.7 Å². The van der Waals surface area contributed by atoms with Crippen molar-refractivity contribution in [3.8, 4) is 0 Å². The van der Waals surface area contributed by atoms with E-state index in [1.54, 1.807) is 12.1 Å². The van der Waals surface area contributed by atoms with Crippen molar-refractivity contribution >= 4 is 22.7 Å². The van der Waals surface area contributed by atoms with E-state index in [2.05, 4.69) is 10.4 Å². The van der Waals surface area contributed by atoms with Gasteiger partial charge in [0.2, 0.25) is 5.91 Å². The van der Waals surface area contributed by atoms with Crippen molar-refractivity contribution in [1.82, 2.24) is 9.78 Å². The number of carbonyl (C=O) groups is 1. The highest BCUT2D eigenvalue weighted by atomic mass is 16.3. The lowest BCUT2D eigenvalue weighted by Gasteiger charge is -2.27. The van der Waals surface area contributed by atoms with Crippen molar-refractivity contribution in [2.24, 2.45) is 0 Å².